The van der Waals surface area contributed by atoms with E-state index in [-0.39, 0.29) is 6.03 Å². The lowest BCUT2D eigenvalue weighted by Crippen LogP contribution is -2.59. The van der Waals surface area contributed by atoms with Crippen LogP contribution in [0.2, 0.25) is 0 Å². The Morgan fingerprint density at radius 2 is 1.71 bits per heavy atom. The first-order valence-corrected chi connectivity index (χ1v) is 8.25. The van der Waals surface area contributed by atoms with Gasteiger partial charge in [-0.3, -0.25) is 0 Å². The van der Waals surface area contributed by atoms with Crippen molar-refractivity contribution in [1.82, 2.24) is 10.2 Å². The van der Waals surface area contributed by atoms with Crippen molar-refractivity contribution in [3.8, 4) is 0 Å². The molecule has 2 aliphatic rings. The third-order valence-corrected chi connectivity index (χ3v) is 5.23. The Hall–Kier alpha value is -1.26. The van der Waals surface area contributed by atoms with Gasteiger partial charge in [-0.15, -0.1) is 0 Å². The minimum absolute atomic E-state index is 0.193. The van der Waals surface area contributed by atoms with Crippen molar-refractivity contribution in [2.75, 3.05) is 13.1 Å². The van der Waals surface area contributed by atoms with Gasteiger partial charge >= 0.3 is 12.0 Å². The minimum Gasteiger partial charge on any atom is -0.480 e. The predicted molar refractivity (Wildman–Crippen MR) is 81.1 cm³/mol. The van der Waals surface area contributed by atoms with Crippen LogP contribution in [0.4, 0.5) is 4.79 Å². The van der Waals surface area contributed by atoms with Crippen LogP contribution in [0, 0.1) is 11.8 Å². The van der Waals surface area contributed by atoms with Crippen LogP contribution in [0.3, 0.4) is 0 Å². The monoisotopic (exact) mass is 296 g/mol. The smallest absolute Gasteiger partial charge is 0.329 e. The fourth-order valence-corrected chi connectivity index (χ4v) is 3.60. The van der Waals surface area contributed by atoms with Crippen molar-refractivity contribution in [3.63, 3.8) is 0 Å². The van der Waals surface area contributed by atoms with Crippen molar-refractivity contribution in [2.45, 2.75) is 64.3 Å². The molecule has 1 aliphatic carbocycles. The number of amides is 2. The highest BCUT2D eigenvalue weighted by atomic mass is 16.4. The molecular weight excluding hydrogens is 268 g/mol. The molecule has 1 saturated carbocycles. The SMILES string of the molecule is CC(C)C1CCN(C(=O)NC2(C(=O)O)CCCCC2)CC1. The zero-order valence-electron chi connectivity index (χ0n) is 13.2. The molecule has 2 fully saturated rings. The van der Waals surface area contributed by atoms with Crippen molar-refractivity contribution >= 4 is 12.0 Å². The Kier molecular flexibility index (Phi) is 5.12. The molecule has 0 spiro atoms. The largest absolute Gasteiger partial charge is 0.480 e. The van der Waals surface area contributed by atoms with Gasteiger partial charge in [-0.1, -0.05) is 33.1 Å². The predicted octanol–water partition coefficient (Wildman–Crippen LogP) is 2.85. The van der Waals surface area contributed by atoms with E-state index in [0.717, 1.165) is 45.2 Å². The van der Waals surface area contributed by atoms with Crippen molar-refractivity contribution < 1.29 is 14.7 Å². The average Bonchev–Trinajstić information content (AvgIpc) is 2.48. The first-order valence-electron chi connectivity index (χ1n) is 8.25. The second-order valence-corrected chi connectivity index (χ2v) is 6.95. The quantitative estimate of drug-likeness (QED) is 0.841. The van der Waals surface area contributed by atoms with Gasteiger partial charge in [-0.25, -0.2) is 9.59 Å². The van der Waals surface area contributed by atoms with Crippen molar-refractivity contribution in [2.24, 2.45) is 11.8 Å². The lowest BCUT2D eigenvalue weighted by Gasteiger charge is -2.38. The van der Waals surface area contributed by atoms with Crippen LogP contribution in [-0.4, -0.2) is 40.6 Å². The van der Waals surface area contributed by atoms with Crippen LogP contribution >= 0.6 is 0 Å². The van der Waals surface area contributed by atoms with E-state index in [1.165, 1.54) is 0 Å². The Labute approximate surface area is 127 Å². The van der Waals surface area contributed by atoms with E-state index in [2.05, 4.69) is 19.2 Å². The molecule has 0 aromatic heterocycles. The molecule has 0 radical (unpaired) electrons. The van der Waals surface area contributed by atoms with E-state index < -0.39 is 11.5 Å². The molecule has 0 unspecified atom stereocenters. The number of piperidine rings is 1. The molecule has 120 valence electrons. The third-order valence-electron chi connectivity index (χ3n) is 5.23. The Morgan fingerprint density at radius 3 is 2.19 bits per heavy atom. The molecule has 5 nitrogen and oxygen atoms in total. The number of hydrogen-bond donors (Lipinski definition) is 2. The second kappa shape index (κ2) is 6.67. The summed E-state index contributed by atoms with van der Waals surface area (Å²) in [4.78, 5) is 25.8. The van der Waals surface area contributed by atoms with E-state index in [1.54, 1.807) is 4.90 Å². The van der Waals surface area contributed by atoms with Crippen LogP contribution in [0.5, 0.6) is 0 Å². The lowest BCUT2D eigenvalue weighted by molar-refractivity contribution is -0.146. The topological polar surface area (TPSA) is 69.6 Å². The molecule has 1 saturated heterocycles. The van der Waals surface area contributed by atoms with Crippen LogP contribution in [0.25, 0.3) is 0 Å². The number of carboxylic acid groups (broad SMARTS) is 1. The van der Waals surface area contributed by atoms with Crippen LogP contribution in [0.15, 0.2) is 0 Å². The Bertz CT molecular complexity index is 381. The number of urea groups is 1. The van der Waals surface area contributed by atoms with Crippen molar-refractivity contribution in [3.05, 3.63) is 0 Å². The summed E-state index contributed by atoms with van der Waals surface area (Å²) in [6.45, 7) is 5.93. The highest BCUT2D eigenvalue weighted by molar-refractivity contribution is 5.86. The van der Waals surface area contributed by atoms with E-state index in [4.69, 9.17) is 0 Å². The number of nitrogens with zero attached hydrogens (tertiary/aromatic N) is 1. The normalized spacial score (nSPS) is 23.1. The molecule has 0 aromatic carbocycles. The summed E-state index contributed by atoms with van der Waals surface area (Å²) in [7, 11) is 0. The van der Waals surface area contributed by atoms with Gasteiger partial charge in [0.2, 0.25) is 0 Å². The number of aliphatic carboxylic acids is 1. The summed E-state index contributed by atoms with van der Waals surface area (Å²) in [6.07, 6.45) is 5.96. The average molecular weight is 296 g/mol. The van der Waals surface area contributed by atoms with Crippen LogP contribution in [0.1, 0.15) is 58.8 Å². The van der Waals surface area contributed by atoms with Gasteiger partial charge in [0.05, 0.1) is 0 Å². The van der Waals surface area contributed by atoms with Gasteiger partial charge in [-0.2, -0.15) is 0 Å². The number of carbonyl (C=O) groups is 2. The maximum atomic E-state index is 12.4. The molecule has 2 amide bonds. The molecule has 5 heteroatoms. The van der Waals surface area contributed by atoms with E-state index >= 15 is 0 Å². The first-order chi connectivity index (χ1) is 9.94. The molecular formula is C16H28N2O3. The Morgan fingerprint density at radius 1 is 1.14 bits per heavy atom. The highest BCUT2D eigenvalue weighted by Crippen LogP contribution is 2.29. The number of likely N-dealkylation sites (tertiary alicyclic amines) is 1. The summed E-state index contributed by atoms with van der Waals surface area (Å²) < 4.78 is 0. The van der Waals surface area contributed by atoms with Gasteiger partial charge in [0.1, 0.15) is 5.54 Å². The van der Waals surface area contributed by atoms with E-state index in [9.17, 15) is 14.7 Å². The van der Waals surface area contributed by atoms with Crippen molar-refractivity contribution in [1.29, 1.82) is 0 Å². The summed E-state index contributed by atoms with van der Waals surface area (Å²) in [5.41, 5.74) is -1.04. The van der Waals surface area contributed by atoms with Gasteiger partial charge in [0, 0.05) is 13.1 Å². The minimum atomic E-state index is -1.04. The summed E-state index contributed by atoms with van der Waals surface area (Å²) in [6, 6.07) is -0.193. The Balaban J connectivity index is 1.93. The zero-order valence-corrected chi connectivity index (χ0v) is 13.2. The molecule has 2 N–H and O–H groups in total. The van der Waals surface area contributed by atoms with E-state index in [1.807, 2.05) is 0 Å². The number of rotatable bonds is 3. The number of hydrogen-bond acceptors (Lipinski definition) is 2. The maximum Gasteiger partial charge on any atom is 0.329 e. The zero-order chi connectivity index (χ0) is 15.5. The number of carboxylic acids is 1. The number of carbonyl (C=O) groups excluding carboxylic acids is 1. The van der Waals surface area contributed by atoms with Gasteiger partial charge in [-0.05, 0) is 37.5 Å². The molecule has 0 atom stereocenters. The fraction of sp³-hybridized carbons (Fsp3) is 0.875. The van der Waals surface area contributed by atoms with Gasteiger partial charge < -0.3 is 15.3 Å². The third kappa shape index (κ3) is 3.69. The standard InChI is InChI=1S/C16H28N2O3/c1-12(2)13-6-10-18(11-7-13)15(21)17-16(14(19)20)8-4-3-5-9-16/h12-13H,3-11H2,1-2H3,(H,17,21)(H,19,20). The maximum absolute atomic E-state index is 12.4. The summed E-state index contributed by atoms with van der Waals surface area (Å²) >= 11 is 0. The number of nitrogens with one attached hydrogen (secondary N) is 1. The fourth-order valence-electron chi connectivity index (χ4n) is 3.60. The van der Waals surface area contributed by atoms with E-state index in [0.29, 0.717) is 24.7 Å². The molecule has 0 bridgehead atoms. The molecule has 1 heterocycles. The highest BCUT2D eigenvalue weighted by Gasteiger charge is 2.42. The molecule has 1 aliphatic heterocycles. The molecule has 21 heavy (non-hydrogen) atoms. The van der Waals surface area contributed by atoms with Gasteiger partial charge in [0.25, 0.3) is 0 Å². The van der Waals surface area contributed by atoms with Crippen LogP contribution in [-0.2, 0) is 4.79 Å². The van der Waals surface area contributed by atoms with Gasteiger partial charge in [0.15, 0.2) is 0 Å². The summed E-state index contributed by atoms with van der Waals surface area (Å²) in [5, 5.41) is 12.4. The lowest BCUT2D eigenvalue weighted by atomic mass is 9.81. The first kappa shape index (κ1) is 16.1. The second-order valence-electron chi connectivity index (χ2n) is 6.95. The molecule has 0 aromatic rings. The summed E-state index contributed by atoms with van der Waals surface area (Å²) in [5.74, 6) is 0.448. The van der Waals surface area contributed by atoms with Crippen LogP contribution < -0.4 is 5.32 Å². The molecule has 2 rings (SSSR count).